The van der Waals surface area contributed by atoms with Crippen molar-refractivity contribution in [3.63, 3.8) is 0 Å². The fourth-order valence-electron chi connectivity index (χ4n) is 3.73. The van der Waals surface area contributed by atoms with Gasteiger partial charge in [0.25, 0.3) is 0 Å². The number of hydrogen-bond donors (Lipinski definition) is 2. The van der Waals surface area contributed by atoms with Crippen LogP contribution >= 0.6 is 15.9 Å². The van der Waals surface area contributed by atoms with Crippen molar-refractivity contribution >= 4 is 45.0 Å². The molecule has 0 atom stereocenters. The Kier molecular flexibility index (Phi) is 5.71. The molecule has 2 N–H and O–H groups in total. The lowest BCUT2D eigenvalue weighted by molar-refractivity contribution is 0.0695. The number of hydrogen-bond acceptors (Lipinski definition) is 4. The fraction of sp³-hybridized carbons (Fsp3) is 0.125. The summed E-state index contributed by atoms with van der Waals surface area (Å²) in [4.78, 5) is 23.9. The summed E-state index contributed by atoms with van der Waals surface area (Å²) in [7, 11) is 0. The molecule has 4 aromatic rings. The second kappa shape index (κ2) is 8.47. The molecule has 4 rings (SSSR count). The lowest BCUT2D eigenvalue weighted by Crippen LogP contribution is -2.16. The van der Waals surface area contributed by atoms with Crippen molar-refractivity contribution in [2.24, 2.45) is 5.10 Å². The van der Waals surface area contributed by atoms with Gasteiger partial charge in [0.2, 0.25) is 0 Å². The lowest BCUT2D eigenvalue weighted by atomic mass is 10.1. The highest BCUT2D eigenvalue weighted by Gasteiger charge is 2.16. The second-order valence-electron chi connectivity index (χ2n) is 7.41. The summed E-state index contributed by atoms with van der Waals surface area (Å²) in [6.45, 7) is 5.64. The molecule has 8 heteroatoms. The molecule has 0 aliphatic carbocycles. The van der Waals surface area contributed by atoms with Gasteiger partial charge >= 0.3 is 11.9 Å². The van der Waals surface area contributed by atoms with E-state index in [1.807, 2.05) is 42.7 Å². The van der Waals surface area contributed by atoms with Gasteiger partial charge in [-0.15, -0.1) is 0 Å². The summed E-state index contributed by atoms with van der Waals surface area (Å²) in [5.74, 6) is -1.25. The van der Waals surface area contributed by atoms with Gasteiger partial charge in [0, 0.05) is 32.5 Å². The molecule has 0 aliphatic rings. The van der Waals surface area contributed by atoms with Crippen LogP contribution in [0, 0.1) is 20.8 Å². The minimum absolute atomic E-state index is 0.168. The zero-order chi connectivity index (χ0) is 23.0. The summed E-state index contributed by atoms with van der Waals surface area (Å²) in [6, 6.07) is 14.3. The molecular weight excluding hydrogens is 474 g/mol. The highest BCUT2D eigenvalue weighted by molar-refractivity contribution is 9.10. The number of aromatic nitrogens is 1. The van der Waals surface area contributed by atoms with Crippen molar-refractivity contribution in [1.82, 2.24) is 9.99 Å². The third-order valence-electron chi connectivity index (χ3n) is 5.32. The highest BCUT2D eigenvalue weighted by Crippen LogP contribution is 2.25. The number of fused-ring (bicyclic) bond motifs is 1. The van der Waals surface area contributed by atoms with Crippen LogP contribution in [0.3, 0.4) is 0 Å². The van der Waals surface area contributed by atoms with Crippen LogP contribution in [-0.2, 0) is 0 Å². The Balaban J connectivity index is 1.57. The number of carboxylic acids is 1. The molecular formula is C24H20BrN3O4. The normalized spacial score (nSPS) is 11.4. The van der Waals surface area contributed by atoms with E-state index in [0.717, 1.165) is 32.5 Å². The molecule has 0 bridgehead atoms. The van der Waals surface area contributed by atoms with Crippen molar-refractivity contribution in [1.29, 1.82) is 0 Å². The van der Waals surface area contributed by atoms with E-state index < -0.39 is 11.9 Å². The highest BCUT2D eigenvalue weighted by atomic mass is 79.9. The minimum atomic E-state index is -0.964. The van der Waals surface area contributed by atoms with Gasteiger partial charge in [-0.3, -0.25) is 4.79 Å². The Morgan fingerprint density at radius 3 is 2.66 bits per heavy atom. The number of amides is 1. The molecule has 0 unspecified atom stereocenters. The van der Waals surface area contributed by atoms with E-state index in [4.69, 9.17) is 4.42 Å². The summed E-state index contributed by atoms with van der Waals surface area (Å²) in [5, 5.41) is 14.3. The predicted octanol–water partition coefficient (Wildman–Crippen LogP) is 5.37. The zero-order valence-electron chi connectivity index (χ0n) is 17.6. The summed E-state index contributed by atoms with van der Waals surface area (Å²) in [6.07, 6.45) is 1.56. The monoisotopic (exact) mass is 493 g/mol. The summed E-state index contributed by atoms with van der Waals surface area (Å²) < 4.78 is 8.45. The number of furan rings is 1. The smallest absolute Gasteiger partial charge is 0.336 e. The van der Waals surface area contributed by atoms with E-state index in [1.54, 1.807) is 37.4 Å². The number of hydrazone groups is 1. The molecule has 0 radical (unpaired) electrons. The van der Waals surface area contributed by atoms with Crippen LogP contribution in [0.25, 0.3) is 16.7 Å². The average molecular weight is 494 g/mol. The van der Waals surface area contributed by atoms with Crippen molar-refractivity contribution in [3.8, 4) is 5.69 Å². The first-order valence-electron chi connectivity index (χ1n) is 9.81. The number of carbonyl (C=O) groups excluding carboxylic acids is 1. The van der Waals surface area contributed by atoms with Gasteiger partial charge < -0.3 is 14.1 Å². The SMILES string of the molecule is Cc1c(C(=O)O)cccc1-n1c(C)cc(C=NNC(=O)c2cc3cc(Br)ccc3o2)c1C. The number of nitrogens with zero attached hydrogens (tertiary/aromatic N) is 2. The quantitative estimate of drug-likeness (QED) is 0.288. The van der Waals surface area contributed by atoms with E-state index in [-0.39, 0.29) is 11.3 Å². The molecule has 7 nitrogen and oxygen atoms in total. The molecule has 2 heterocycles. The maximum absolute atomic E-state index is 12.4. The molecule has 32 heavy (non-hydrogen) atoms. The molecule has 0 spiro atoms. The average Bonchev–Trinajstić information content (AvgIpc) is 3.28. The number of rotatable bonds is 5. The third kappa shape index (κ3) is 3.97. The number of carboxylic acid groups (broad SMARTS) is 1. The Hall–Kier alpha value is -3.65. The number of aryl methyl sites for hydroxylation is 1. The maximum atomic E-state index is 12.4. The van der Waals surface area contributed by atoms with Crippen molar-refractivity contribution in [3.05, 3.63) is 86.8 Å². The van der Waals surface area contributed by atoms with Gasteiger partial charge in [-0.1, -0.05) is 22.0 Å². The summed E-state index contributed by atoms with van der Waals surface area (Å²) in [5.41, 5.74) is 7.43. The van der Waals surface area contributed by atoms with E-state index in [9.17, 15) is 14.7 Å². The molecule has 1 amide bonds. The molecule has 0 saturated carbocycles. The van der Waals surface area contributed by atoms with Crippen LogP contribution < -0.4 is 5.43 Å². The first kappa shape index (κ1) is 21.6. The second-order valence-corrected chi connectivity index (χ2v) is 8.32. The molecule has 2 aromatic carbocycles. The number of carbonyl (C=O) groups is 2. The van der Waals surface area contributed by atoms with Crippen LogP contribution in [0.1, 0.15) is 43.4 Å². The zero-order valence-corrected chi connectivity index (χ0v) is 19.2. The van der Waals surface area contributed by atoms with Gasteiger partial charge in [0.15, 0.2) is 5.76 Å². The van der Waals surface area contributed by atoms with Gasteiger partial charge in [-0.05, 0) is 68.8 Å². The Labute approximate surface area is 192 Å². The van der Waals surface area contributed by atoms with Crippen LogP contribution in [0.4, 0.5) is 0 Å². The van der Waals surface area contributed by atoms with Crippen LogP contribution in [0.5, 0.6) is 0 Å². The molecule has 0 aliphatic heterocycles. The number of halogens is 1. The molecule has 0 fully saturated rings. The van der Waals surface area contributed by atoms with Crippen LogP contribution in [0.2, 0.25) is 0 Å². The Bertz CT molecular complexity index is 1400. The van der Waals surface area contributed by atoms with Crippen molar-refractivity contribution in [2.75, 3.05) is 0 Å². The van der Waals surface area contributed by atoms with Gasteiger partial charge in [0.05, 0.1) is 11.8 Å². The number of benzene rings is 2. The molecule has 0 saturated heterocycles. The van der Waals surface area contributed by atoms with E-state index in [0.29, 0.717) is 11.1 Å². The van der Waals surface area contributed by atoms with E-state index in [1.165, 1.54) is 0 Å². The largest absolute Gasteiger partial charge is 0.478 e. The third-order valence-corrected chi connectivity index (χ3v) is 5.81. The Morgan fingerprint density at radius 1 is 1.12 bits per heavy atom. The number of aromatic carboxylic acids is 1. The van der Waals surface area contributed by atoms with Crippen molar-refractivity contribution in [2.45, 2.75) is 20.8 Å². The fourth-order valence-corrected chi connectivity index (χ4v) is 4.11. The predicted molar refractivity (Wildman–Crippen MR) is 126 cm³/mol. The first-order valence-corrected chi connectivity index (χ1v) is 10.6. The van der Waals surface area contributed by atoms with Crippen molar-refractivity contribution < 1.29 is 19.1 Å². The lowest BCUT2D eigenvalue weighted by Gasteiger charge is -2.14. The van der Waals surface area contributed by atoms with E-state index in [2.05, 4.69) is 26.5 Å². The van der Waals surface area contributed by atoms with Gasteiger partial charge in [-0.2, -0.15) is 5.10 Å². The van der Waals surface area contributed by atoms with Gasteiger partial charge in [0.1, 0.15) is 5.58 Å². The first-order chi connectivity index (χ1) is 15.3. The minimum Gasteiger partial charge on any atom is -0.478 e. The summed E-state index contributed by atoms with van der Waals surface area (Å²) >= 11 is 3.40. The topological polar surface area (TPSA) is 96.8 Å². The number of nitrogens with one attached hydrogen (secondary N) is 1. The molecule has 162 valence electrons. The standard InChI is InChI=1S/C24H20BrN3O4/c1-13-9-17(15(3)28(13)20-6-4-5-19(14(20)2)24(30)31)12-26-27-23(29)22-11-16-10-18(25)7-8-21(16)32-22/h4-12H,1-3H3,(H,27,29)(H,30,31). The van der Waals surface area contributed by atoms with Gasteiger partial charge in [-0.25, -0.2) is 10.2 Å². The van der Waals surface area contributed by atoms with Crippen LogP contribution in [0.15, 0.2) is 62.5 Å². The van der Waals surface area contributed by atoms with Crippen LogP contribution in [-0.4, -0.2) is 27.8 Å². The van der Waals surface area contributed by atoms with E-state index >= 15 is 0 Å². The Morgan fingerprint density at radius 2 is 1.91 bits per heavy atom. The molecule has 2 aromatic heterocycles. The maximum Gasteiger partial charge on any atom is 0.336 e.